The smallest absolute Gasteiger partial charge is 0.164 e. The fourth-order valence-electron chi connectivity index (χ4n) is 2.25. The van der Waals surface area contributed by atoms with Crippen molar-refractivity contribution in [1.82, 2.24) is 4.90 Å². The van der Waals surface area contributed by atoms with Crippen molar-refractivity contribution in [2.75, 3.05) is 33.4 Å². The minimum absolute atomic E-state index is 0.0401. The van der Waals surface area contributed by atoms with Crippen LogP contribution in [0.25, 0.3) is 0 Å². The first kappa shape index (κ1) is 18.1. The van der Waals surface area contributed by atoms with Gasteiger partial charge in [-0.05, 0) is 32.5 Å². The molecule has 0 aromatic heterocycles. The molecule has 0 amide bonds. The van der Waals surface area contributed by atoms with Crippen LogP contribution in [0.2, 0.25) is 5.02 Å². The quantitative estimate of drug-likeness (QED) is 0.761. The normalized spacial score (nSPS) is 12.5. The predicted molar refractivity (Wildman–Crippen MR) is 88.6 cm³/mol. The topological polar surface area (TPSA) is 47.7 Å². The molecule has 4 nitrogen and oxygen atoms in total. The number of methoxy groups -OCH3 is 1. The highest BCUT2D eigenvalue weighted by Crippen LogP contribution is 2.35. The maximum Gasteiger partial charge on any atom is 0.164 e. The van der Waals surface area contributed by atoms with Crippen molar-refractivity contribution in [2.45, 2.75) is 33.2 Å². The first-order valence-electron chi connectivity index (χ1n) is 7.48. The highest BCUT2D eigenvalue weighted by Gasteiger charge is 2.14. The first-order valence-corrected chi connectivity index (χ1v) is 7.86. The molecule has 1 rings (SSSR count). The van der Waals surface area contributed by atoms with E-state index in [1.165, 1.54) is 0 Å². The zero-order valence-electron chi connectivity index (χ0n) is 13.5. The van der Waals surface area contributed by atoms with Crippen LogP contribution < -0.4 is 15.2 Å². The van der Waals surface area contributed by atoms with E-state index in [4.69, 9.17) is 26.8 Å². The molecule has 2 N–H and O–H groups in total. The monoisotopic (exact) mass is 314 g/mol. The van der Waals surface area contributed by atoms with Crippen LogP contribution in [0.4, 0.5) is 0 Å². The van der Waals surface area contributed by atoms with Crippen LogP contribution in [0.15, 0.2) is 12.1 Å². The Bertz CT molecular complexity index is 435. The summed E-state index contributed by atoms with van der Waals surface area (Å²) in [5.41, 5.74) is 6.90. The molecule has 1 aromatic rings. The van der Waals surface area contributed by atoms with E-state index in [2.05, 4.69) is 18.7 Å². The number of nitrogens with zero attached hydrogens (tertiary/aromatic N) is 1. The standard InChI is InChI=1S/C16H27ClN2O2/c1-5-19(6-2)7-8-21-16-13(9-12(3)18)10-14(17)11-15(16)20-4/h10-12H,5-9,18H2,1-4H3. The van der Waals surface area contributed by atoms with E-state index in [1.54, 1.807) is 13.2 Å². The van der Waals surface area contributed by atoms with E-state index in [9.17, 15) is 0 Å². The van der Waals surface area contributed by atoms with Crippen molar-refractivity contribution in [1.29, 1.82) is 0 Å². The van der Waals surface area contributed by atoms with Crippen molar-refractivity contribution in [2.24, 2.45) is 5.73 Å². The van der Waals surface area contributed by atoms with Gasteiger partial charge in [-0.3, -0.25) is 0 Å². The Balaban J connectivity index is 2.86. The summed E-state index contributed by atoms with van der Waals surface area (Å²) in [4.78, 5) is 2.31. The lowest BCUT2D eigenvalue weighted by atomic mass is 10.1. The summed E-state index contributed by atoms with van der Waals surface area (Å²) >= 11 is 6.13. The first-order chi connectivity index (χ1) is 10.0. The Hall–Kier alpha value is -0.970. The van der Waals surface area contributed by atoms with Gasteiger partial charge < -0.3 is 20.1 Å². The van der Waals surface area contributed by atoms with Gasteiger partial charge in [0.2, 0.25) is 0 Å². The maximum absolute atomic E-state index is 6.13. The third kappa shape index (κ3) is 5.73. The molecule has 1 aromatic carbocycles. The van der Waals surface area contributed by atoms with E-state index < -0.39 is 0 Å². The highest BCUT2D eigenvalue weighted by atomic mass is 35.5. The molecule has 0 aliphatic rings. The minimum atomic E-state index is 0.0401. The molecular weight excluding hydrogens is 288 g/mol. The molecule has 0 radical (unpaired) electrons. The molecule has 21 heavy (non-hydrogen) atoms. The summed E-state index contributed by atoms with van der Waals surface area (Å²) in [7, 11) is 1.62. The summed E-state index contributed by atoms with van der Waals surface area (Å²) in [5, 5.41) is 0.638. The van der Waals surface area contributed by atoms with Gasteiger partial charge in [0.25, 0.3) is 0 Å². The summed E-state index contributed by atoms with van der Waals surface area (Å²) in [5.74, 6) is 1.42. The molecule has 1 atom stereocenters. The molecule has 120 valence electrons. The maximum atomic E-state index is 6.13. The van der Waals surface area contributed by atoms with Crippen LogP contribution in [0.3, 0.4) is 0 Å². The third-order valence-corrected chi connectivity index (χ3v) is 3.62. The number of hydrogen-bond acceptors (Lipinski definition) is 4. The zero-order valence-corrected chi connectivity index (χ0v) is 14.2. The molecular formula is C16H27ClN2O2. The van der Waals surface area contributed by atoms with Gasteiger partial charge in [0.05, 0.1) is 7.11 Å². The van der Waals surface area contributed by atoms with Gasteiger partial charge in [0, 0.05) is 29.2 Å². The van der Waals surface area contributed by atoms with Gasteiger partial charge in [0.1, 0.15) is 6.61 Å². The van der Waals surface area contributed by atoms with Crippen molar-refractivity contribution >= 4 is 11.6 Å². The number of benzene rings is 1. The van der Waals surface area contributed by atoms with Crippen LogP contribution in [0.5, 0.6) is 11.5 Å². The Morgan fingerprint density at radius 3 is 2.48 bits per heavy atom. The number of halogens is 1. The third-order valence-electron chi connectivity index (χ3n) is 3.41. The minimum Gasteiger partial charge on any atom is -0.493 e. The molecule has 0 saturated heterocycles. The van der Waals surface area contributed by atoms with Crippen molar-refractivity contribution in [3.63, 3.8) is 0 Å². The second-order valence-electron chi connectivity index (χ2n) is 5.15. The van der Waals surface area contributed by atoms with Crippen molar-refractivity contribution in [3.05, 3.63) is 22.7 Å². The second kappa shape index (κ2) is 9.13. The Labute approximate surface area is 133 Å². The fraction of sp³-hybridized carbons (Fsp3) is 0.625. The second-order valence-corrected chi connectivity index (χ2v) is 5.59. The van der Waals surface area contributed by atoms with Crippen LogP contribution in [0, 0.1) is 0 Å². The summed E-state index contributed by atoms with van der Waals surface area (Å²) in [6.45, 7) is 9.80. The van der Waals surface area contributed by atoms with E-state index in [-0.39, 0.29) is 6.04 Å². The van der Waals surface area contributed by atoms with Crippen LogP contribution in [-0.4, -0.2) is 44.3 Å². The summed E-state index contributed by atoms with van der Waals surface area (Å²) < 4.78 is 11.4. The summed E-state index contributed by atoms with van der Waals surface area (Å²) in [6, 6.07) is 3.72. The SMILES string of the molecule is CCN(CC)CCOc1c(CC(C)N)cc(Cl)cc1OC. The number of likely N-dealkylation sites (N-methyl/N-ethyl adjacent to an activating group) is 1. The Morgan fingerprint density at radius 1 is 1.29 bits per heavy atom. The number of hydrogen-bond donors (Lipinski definition) is 1. The van der Waals surface area contributed by atoms with Crippen LogP contribution >= 0.6 is 11.6 Å². The van der Waals surface area contributed by atoms with Gasteiger partial charge in [-0.15, -0.1) is 0 Å². The average Bonchev–Trinajstić information content (AvgIpc) is 2.44. The molecule has 5 heteroatoms. The molecule has 1 unspecified atom stereocenters. The fourth-order valence-corrected chi connectivity index (χ4v) is 2.48. The molecule has 0 bridgehead atoms. The van der Waals surface area contributed by atoms with E-state index >= 15 is 0 Å². The predicted octanol–water partition coefficient (Wildman–Crippen LogP) is 2.96. The van der Waals surface area contributed by atoms with E-state index in [1.807, 2.05) is 13.0 Å². The lowest BCUT2D eigenvalue weighted by molar-refractivity contribution is 0.215. The van der Waals surface area contributed by atoms with E-state index in [0.717, 1.165) is 30.9 Å². The van der Waals surface area contributed by atoms with Gasteiger partial charge >= 0.3 is 0 Å². The van der Waals surface area contributed by atoms with E-state index in [0.29, 0.717) is 23.8 Å². The lowest BCUT2D eigenvalue weighted by Crippen LogP contribution is -2.28. The number of nitrogens with two attached hydrogens (primary N) is 1. The van der Waals surface area contributed by atoms with Crippen molar-refractivity contribution in [3.8, 4) is 11.5 Å². The molecule has 0 spiro atoms. The molecule has 0 aliphatic carbocycles. The molecule has 0 fully saturated rings. The molecule has 0 saturated carbocycles. The largest absolute Gasteiger partial charge is 0.493 e. The molecule has 0 aliphatic heterocycles. The van der Waals surface area contributed by atoms with Crippen LogP contribution in [-0.2, 0) is 6.42 Å². The lowest BCUT2D eigenvalue weighted by Gasteiger charge is -2.20. The van der Waals surface area contributed by atoms with Gasteiger partial charge in [-0.1, -0.05) is 25.4 Å². The number of rotatable bonds is 9. The number of ether oxygens (including phenoxy) is 2. The Morgan fingerprint density at radius 2 is 1.95 bits per heavy atom. The Kier molecular flexibility index (Phi) is 7.86. The van der Waals surface area contributed by atoms with Gasteiger partial charge in [-0.25, -0.2) is 0 Å². The summed E-state index contributed by atoms with van der Waals surface area (Å²) in [6.07, 6.45) is 0.706. The highest BCUT2D eigenvalue weighted by molar-refractivity contribution is 6.30. The van der Waals surface area contributed by atoms with Gasteiger partial charge in [-0.2, -0.15) is 0 Å². The molecule has 0 heterocycles. The van der Waals surface area contributed by atoms with Crippen LogP contribution in [0.1, 0.15) is 26.3 Å². The van der Waals surface area contributed by atoms with Crippen molar-refractivity contribution < 1.29 is 9.47 Å². The average molecular weight is 315 g/mol. The zero-order chi connectivity index (χ0) is 15.8. The van der Waals surface area contributed by atoms with Gasteiger partial charge in [0.15, 0.2) is 11.5 Å².